The van der Waals surface area contributed by atoms with Crippen LogP contribution in [0.3, 0.4) is 0 Å². The van der Waals surface area contributed by atoms with Gasteiger partial charge in [0.15, 0.2) is 0 Å². The van der Waals surface area contributed by atoms with E-state index in [4.69, 9.17) is 24.5 Å². The number of aliphatic carboxylic acids is 1. The molecular formula is C29H30F3NO7. The number of aliphatic hydroxyl groups is 1. The Bertz CT molecular complexity index is 1250. The molecule has 0 amide bonds. The van der Waals surface area contributed by atoms with Gasteiger partial charge in [0.25, 0.3) is 0 Å². The third kappa shape index (κ3) is 9.67. The second-order valence-corrected chi connectivity index (χ2v) is 9.10. The van der Waals surface area contributed by atoms with Crippen LogP contribution in [-0.4, -0.2) is 65.3 Å². The average Bonchev–Trinajstić information content (AvgIpc) is 2.93. The molecule has 4 N–H and O–H groups in total. The van der Waals surface area contributed by atoms with Crippen LogP contribution in [0.15, 0.2) is 72.8 Å². The van der Waals surface area contributed by atoms with Gasteiger partial charge in [0, 0.05) is 13.1 Å². The summed E-state index contributed by atoms with van der Waals surface area (Å²) < 4.78 is 43.5. The van der Waals surface area contributed by atoms with Gasteiger partial charge in [0.1, 0.15) is 11.9 Å². The first-order valence-corrected chi connectivity index (χ1v) is 12.5. The quantitative estimate of drug-likeness (QED) is 0.284. The fraction of sp³-hybridized carbons (Fsp3) is 0.310. The third-order valence-electron chi connectivity index (χ3n) is 5.97. The van der Waals surface area contributed by atoms with E-state index in [0.717, 1.165) is 40.8 Å². The predicted molar refractivity (Wildman–Crippen MR) is 140 cm³/mol. The Labute approximate surface area is 229 Å². The summed E-state index contributed by atoms with van der Waals surface area (Å²) in [5.41, 5.74) is 4.55. The topological polar surface area (TPSA) is 125 Å². The molecule has 8 nitrogen and oxygen atoms in total. The van der Waals surface area contributed by atoms with Gasteiger partial charge in [-0.3, -0.25) is 0 Å². The van der Waals surface area contributed by atoms with Crippen LogP contribution in [0.5, 0.6) is 5.75 Å². The summed E-state index contributed by atoms with van der Waals surface area (Å²) in [6.45, 7) is 1.89. The molecular weight excluding hydrogens is 531 g/mol. The van der Waals surface area contributed by atoms with E-state index in [9.17, 15) is 23.1 Å². The number of hydrogen-bond donors (Lipinski definition) is 4. The first-order chi connectivity index (χ1) is 19.0. The van der Waals surface area contributed by atoms with E-state index in [1.165, 1.54) is 0 Å². The molecule has 0 radical (unpaired) electrons. The lowest BCUT2D eigenvalue weighted by Gasteiger charge is -2.27. The molecule has 40 heavy (non-hydrogen) atoms. The van der Waals surface area contributed by atoms with Gasteiger partial charge in [-0.2, -0.15) is 13.2 Å². The van der Waals surface area contributed by atoms with E-state index in [1.54, 1.807) is 12.1 Å². The molecule has 0 bridgehead atoms. The summed E-state index contributed by atoms with van der Waals surface area (Å²) in [6.07, 6.45) is -3.80. The van der Waals surface area contributed by atoms with Crippen LogP contribution in [0, 0.1) is 0 Å². The van der Waals surface area contributed by atoms with Crippen LogP contribution in [0.2, 0.25) is 0 Å². The molecule has 1 heterocycles. The lowest BCUT2D eigenvalue weighted by molar-refractivity contribution is -0.192. The maximum atomic E-state index is 11.0. The minimum atomic E-state index is -5.08. The van der Waals surface area contributed by atoms with Crippen molar-refractivity contribution in [2.45, 2.75) is 37.8 Å². The minimum absolute atomic E-state index is 0.0515. The highest BCUT2D eigenvalue weighted by atomic mass is 19.4. The van der Waals surface area contributed by atoms with Crippen molar-refractivity contribution in [2.24, 2.45) is 0 Å². The number of halogens is 3. The monoisotopic (exact) mass is 561 g/mol. The number of ether oxygens (including phenoxy) is 2. The summed E-state index contributed by atoms with van der Waals surface area (Å²) in [7, 11) is 0. The zero-order chi connectivity index (χ0) is 29.1. The molecule has 11 heteroatoms. The Kier molecular flexibility index (Phi) is 11.1. The van der Waals surface area contributed by atoms with Crippen molar-refractivity contribution in [1.29, 1.82) is 0 Å². The van der Waals surface area contributed by atoms with Crippen molar-refractivity contribution in [2.75, 3.05) is 19.7 Å². The Balaban J connectivity index is 0.000000559. The molecule has 1 aliphatic heterocycles. The number of aryl methyl sites for hydroxylation is 1. The molecule has 0 spiro atoms. The number of rotatable bonds is 10. The summed E-state index contributed by atoms with van der Waals surface area (Å²) in [6, 6.07) is 22.9. The van der Waals surface area contributed by atoms with Crippen molar-refractivity contribution in [3.05, 3.63) is 89.5 Å². The Morgan fingerprint density at radius 1 is 1.00 bits per heavy atom. The predicted octanol–water partition coefficient (Wildman–Crippen LogP) is 4.55. The number of benzene rings is 3. The van der Waals surface area contributed by atoms with Crippen molar-refractivity contribution < 1.29 is 47.6 Å². The summed E-state index contributed by atoms with van der Waals surface area (Å²) >= 11 is 0. The number of aromatic carboxylic acids is 1. The van der Waals surface area contributed by atoms with Gasteiger partial charge < -0.3 is 30.1 Å². The fourth-order valence-electron chi connectivity index (χ4n) is 3.93. The number of carboxylic acids is 2. The highest BCUT2D eigenvalue weighted by Gasteiger charge is 2.38. The second-order valence-electron chi connectivity index (χ2n) is 9.10. The standard InChI is InChI=1S/C27H29NO5.C2HF3O2/c29-24(18-32-17-19-4-2-1-3-5-19)15-28-16-25-12-10-23-14-22(11-13-26(23)33-25)20-6-8-21(9-7-20)27(30)31;3-2(4,5)1(6)7/h1-9,11,13-14,24-25,28-29H,10,12,15-18H2,(H,30,31);(H,6,7)/t24-,25-;/m1./s1. The van der Waals surface area contributed by atoms with E-state index in [-0.39, 0.29) is 18.3 Å². The number of carbonyl (C=O) groups is 2. The first-order valence-electron chi connectivity index (χ1n) is 12.5. The second kappa shape index (κ2) is 14.5. The van der Waals surface area contributed by atoms with Crippen LogP contribution in [0.4, 0.5) is 13.2 Å². The molecule has 4 rings (SSSR count). The molecule has 3 aromatic rings. The molecule has 0 aromatic heterocycles. The number of hydrogen-bond acceptors (Lipinski definition) is 6. The zero-order valence-electron chi connectivity index (χ0n) is 21.4. The molecule has 3 aromatic carbocycles. The molecule has 2 atom stereocenters. The highest BCUT2D eigenvalue weighted by molar-refractivity contribution is 5.88. The third-order valence-corrected chi connectivity index (χ3v) is 5.97. The molecule has 0 saturated heterocycles. The Morgan fingerprint density at radius 2 is 1.65 bits per heavy atom. The van der Waals surface area contributed by atoms with Crippen LogP contribution in [0.25, 0.3) is 11.1 Å². The summed E-state index contributed by atoms with van der Waals surface area (Å²) in [4.78, 5) is 19.9. The lowest BCUT2D eigenvalue weighted by atomic mass is 9.96. The van der Waals surface area contributed by atoms with Crippen LogP contribution in [0.1, 0.15) is 27.9 Å². The van der Waals surface area contributed by atoms with Gasteiger partial charge in [0.05, 0.1) is 24.9 Å². The van der Waals surface area contributed by atoms with Crippen LogP contribution < -0.4 is 10.1 Å². The maximum absolute atomic E-state index is 11.0. The number of nitrogens with one attached hydrogen (secondary N) is 1. The van der Waals surface area contributed by atoms with E-state index in [2.05, 4.69) is 11.4 Å². The SMILES string of the molecule is O=C(O)C(F)(F)F.O=C(O)c1ccc(-c2ccc3c(c2)CC[C@H](CNC[C@@H](O)COCc2ccccc2)O3)cc1. The first kappa shape index (κ1) is 30.6. The number of alkyl halides is 3. The Hall–Kier alpha value is -3.93. The van der Waals surface area contributed by atoms with Gasteiger partial charge in [-0.1, -0.05) is 48.5 Å². The number of carboxylic acid groups (broad SMARTS) is 2. The average molecular weight is 562 g/mol. The fourth-order valence-corrected chi connectivity index (χ4v) is 3.93. The molecule has 0 fully saturated rings. The van der Waals surface area contributed by atoms with Gasteiger partial charge in [-0.05, 0) is 59.4 Å². The van der Waals surface area contributed by atoms with E-state index in [1.807, 2.05) is 54.6 Å². The van der Waals surface area contributed by atoms with Crippen molar-refractivity contribution in [1.82, 2.24) is 5.32 Å². The van der Waals surface area contributed by atoms with Gasteiger partial charge >= 0.3 is 18.1 Å². The molecule has 0 unspecified atom stereocenters. The number of fused-ring (bicyclic) bond motifs is 1. The van der Waals surface area contributed by atoms with Crippen molar-refractivity contribution in [3.63, 3.8) is 0 Å². The van der Waals surface area contributed by atoms with Crippen LogP contribution >= 0.6 is 0 Å². The largest absolute Gasteiger partial charge is 0.490 e. The van der Waals surface area contributed by atoms with Gasteiger partial charge in [0.2, 0.25) is 0 Å². The summed E-state index contributed by atoms with van der Waals surface area (Å²) in [5, 5.41) is 29.6. The van der Waals surface area contributed by atoms with Gasteiger partial charge in [-0.15, -0.1) is 0 Å². The lowest BCUT2D eigenvalue weighted by Crippen LogP contribution is -2.38. The maximum Gasteiger partial charge on any atom is 0.490 e. The normalized spacial score (nSPS) is 15.2. The van der Waals surface area contributed by atoms with Crippen molar-refractivity contribution >= 4 is 11.9 Å². The van der Waals surface area contributed by atoms with Gasteiger partial charge in [-0.25, -0.2) is 9.59 Å². The molecule has 1 aliphatic rings. The van der Waals surface area contributed by atoms with E-state index in [0.29, 0.717) is 19.7 Å². The highest BCUT2D eigenvalue weighted by Crippen LogP contribution is 2.32. The molecule has 0 saturated carbocycles. The minimum Gasteiger partial charge on any atom is -0.489 e. The van der Waals surface area contributed by atoms with Crippen molar-refractivity contribution in [3.8, 4) is 16.9 Å². The number of aliphatic hydroxyl groups excluding tert-OH is 1. The molecule has 214 valence electrons. The molecule has 0 aliphatic carbocycles. The van der Waals surface area contributed by atoms with E-state index >= 15 is 0 Å². The Morgan fingerprint density at radius 3 is 2.27 bits per heavy atom. The van der Waals surface area contributed by atoms with Crippen LogP contribution in [-0.2, 0) is 22.6 Å². The zero-order valence-corrected chi connectivity index (χ0v) is 21.4. The summed E-state index contributed by atoms with van der Waals surface area (Å²) in [5.74, 6) is -2.80. The smallest absolute Gasteiger partial charge is 0.489 e. The van der Waals surface area contributed by atoms with E-state index < -0.39 is 24.2 Å².